The highest BCUT2D eigenvalue weighted by Crippen LogP contribution is 2.29. The third-order valence-corrected chi connectivity index (χ3v) is 4.51. The van der Waals surface area contributed by atoms with E-state index in [1.807, 2.05) is 0 Å². The van der Waals surface area contributed by atoms with Gasteiger partial charge in [0.15, 0.2) is 0 Å². The number of fused-ring (bicyclic) bond motifs is 1. The molecule has 0 bridgehead atoms. The van der Waals surface area contributed by atoms with Crippen molar-refractivity contribution in [2.24, 2.45) is 5.92 Å². The molecule has 92 valence electrons. The zero-order valence-electron chi connectivity index (χ0n) is 10.7. The molecule has 2 aliphatic rings. The van der Waals surface area contributed by atoms with Crippen LogP contribution in [0.4, 0.5) is 0 Å². The molecule has 1 aromatic rings. The summed E-state index contributed by atoms with van der Waals surface area (Å²) in [5.41, 5.74) is 3.07. The Labute approximate surface area is 104 Å². The maximum atomic E-state index is 3.46. The summed E-state index contributed by atoms with van der Waals surface area (Å²) in [7, 11) is 0. The lowest BCUT2D eigenvalue weighted by Crippen LogP contribution is -2.40. The lowest BCUT2D eigenvalue weighted by Gasteiger charge is -2.34. The van der Waals surface area contributed by atoms with E-state index in [1.165, 1.54) is 37.1 Å². The Morgan fingerprint density at radius 3 is 2.29 bits per heavy atom. The fourth-order valence-electron chi connectivity index (χ4n) is 3.27. The molecule has 2 aliphatic heterocycles. The van der Waals surface area contributed by atoms with Crippen LogP contribution in [0.1, 0.15) is 30.9 Å². The van der Waals surface area contributed by atoms with Crippen LogP contribution in [0.2, 0.25) is 0 Å². The highest BCUT2D eigenvalue weighted by atomic mass is 15.2. The van der Waals surface area contributed by atoms with Crippen LogP contribution in [0, 0.1) is 5.92 Å². The Hall–Kier alpha value is -0.860. The first-order valence-electron chi connectivity index (χ1n) is 6.86. The molecule has 1 saturated heterocycles. The van der Waals surface area contributed by atoms with E-state index in [9.17, 15) is 0 Å². The van der Waals surface area contributed by atoms with Crippen molar-refractivity contribution in [2.75, 3.05) is 13.1 Å². The maximum absolute atomic E-state index is 3.46. The molecule has 2 nitrogen and oxygen atoms in total. The van der Waals surface area contributed by atoms with Crippen molar-refractivity contribution in [3.8, 4) is 0 Å². The molecule has 0 aromatic heterocycles. The van der Waals surface area contributed by atoms with E-state index in [0.717, 1.165) is 25.0 Å². The Morgan fingerprint density at radius 2 is 1.71 bits per heavy atom. The fourth-order valence-corrected chi connectivity index (χ4v) is 3.27. The zero-order chi connectivity index (χ0) is 11.7. The van der Waals surface area contributed by atoms with Gasteiger partial charge in [-0.15, -0.1) is 0 Å². The molecule has 1 atom stereocenters. The molecule has 3 rings (SSSR count). The Bertz CT molecular complexity index is 357. The van der Waals surface area contributed by atoms with Gasteiger partial charge in [-0.1, -0.05) is 24.3 Å². The van der Waals surface area contributed by atoms with Crippen molar-refractivity contribution >= 4 is 0 Å². The van der Waals surface area contributed by atoms with E-state index in [-0.39, 0.29) is 0 Å². The van der Waals surface area contributed by atoms with Gasteiger partial charge in [0, 0.05) is 19.1 Å². The summed E-state index contributed by atoms with van der Waals surface area (Å²) in [5, 5.41) is 3.46. The molecular weight excluding hydrogens is 208 g/mol. The van der Waals surface area contributed by atoms with Crippen LogP contribution in [0.5, 0.6) is 0 Å². The third-order valence-electron chi connectivity index (χ3n) is 4.51. The molecular formula is C15H22N2. The summed E-state index contributed by atoms with van der Waals surface area (Å²) in [6.07, 6.45) is 2.68. The van der Waals surface area contributed by atoms with Gasteiger partial charge in [-0.25, -0.2) is 0 Å². The van der Waals surface area contributed by atoms with Crippen molar-refractivity contribution in [3.05, 3.63) is 35.4 Å². The largest absolute Gasteiger partial charge is 0.317 e. The molecule has 2 heteroatoms. The van der Waals surface area contributed by atoms with Crippen molar-refractivity contribution in [1.29, 1.82) is 0 Å². The summed E-state index contributed by atoms with van der Waals surface area (Å²) in [4.78, 5) is 2.65. The monoisotopic (exact) mass is 230 g/mol. The van der Waals surface area contributed by atoms with Crippen molar-refractivity contribution in [3.63, 3.8) is 0 Å². The molecule has 1 aromatic carbocycles. The molecule has 0 aliphatic carbocycles. The molecule has 0 radical (unpaired) electrons. The standard InChI is InChI=1S/C15H22N2/c1-12(13-6-8-16-9-7-13)17-10-14-4-2-3-5-15(14)11-17/h2-5,12-13,16H,6-11H2,1H3. The SMILES string of the molecule is CC(C1CCNCC1)N1Cc2ccccc2C1. The summed E-state index contributed by atoms with van der Waals surface area (Å²) in [5.74, 6) is 0.880. The van der Waals surface area contributed by atoms with E-state index in [1.54, 1.807) is 0 Å². The number of benzene rings is 1. The van der Waals surface area contributed by atoms with Crippen molar-refractivity contribution in [2.45, 2.75) is 38.9 Å². The lowest BCUT2D eigenvalue weighted by atomic mass is 9.90. The molecule has 0 saturated carbocycles. The molecule has 1 unspecified atom stereocenters. The first-order valence-corrected chi connectivity index (χ1v) is 6.86. The van der Waals surface area contributed by atoms with E-state index in [0.29, 0.717) is 0 Å². The first-order chi connectivity index (χ1) is 8.34. The maximum Gasteiger partial charge on any atom is 0.0243 e. The second kappa shape index (κ2) is 4.79. The van der Waals surface area contributed by atoms with Crippen LogP contribution < -0.4 is 5.32 Å². The molecule has 0 amide bonds. The van der Waals surface area contributed by atoms with E-state index < -0.39 is 0 Å². The topological polar surface area (TPSA) is 15.3 Å². The Balaban J connectivity index is 1.67. The molecule has 0 spiro atoms. The van der Waals surface area contributed by atoms with Crippen LogP contribution in [0.15, 0.2) is 24.3 Å². The average molecular weight is 230 g/mol. The molecule has 1 fully saturated rings. The van der Waals surface area contributed by atoms with Gasteiger partial charge in [-0.3, -0.25) is 4.90 Å². The zero-order valence-corrected chi connectivity index (χ0v) is 10.7. The second-order valence-electron chi connectivity index (χ2n) is 5.50. The second-order valence-corrected chi connectivity index (χ2v) is 5.50. The summed E-state index contributed by atoms with van der Waals surface area (Å²) in [6, 6.07) is 9.62. The van der Waals surface area contributed by atoms with Crippen LogP contribution in [-0.4, -0.2) is 24.0 Å². The Kier molecular flexibility index (Phi) is 3.17. The van der Waals surface area contributed by atoms with Gasteiger partial charge in [0.25, 0.3) is 0 Å². The van der Waals surface area contributed by atoms with Gasteiger partial charge < -0.3 is 5.32 Å². The number of rotatable bonds is 2. The minimum absolute atomic E-state index is 0.726. The lowest BCUT2D eigenvalue weighted by molar-refractivity contribution is 0.133. The highest BCUT2D eigenvalue weighted by molar-refractivity contribution is 5.30. The summed E-state index contributed by atoms with van der Waals surface area (Å²) < 4.78 is 0. The number of piperidine rings is 1. The van der Waals surface area contributed by atoms with E-state index >= 15 is 0 Å². The number of hydrogen-bond donors (Lipinski definition) is 1. The first kappa shape index (κ1) is 11.2. The number of hydrogen-bond acceptors (Lipinski definition) is 2. The molecule has 1 N–H and O–H groups in total. The molecule has 17 heavy (non-hydrogen) atoms. The molecule has 2 heterocycles. The van der Waals surface area contributed by atoms with Crippen molar-refractivity contribution < 1.29 is 0 Å². The van der Waals surface area contributed by atoms with E-state index in [2.05, 4.69) is 41.4 Å². The van der Waals surface area contributed by atoms with E-state index in [4.69, 9.17) is 0 Å². The van der Waals surface area contributed by atoms with Crippen LogP contribution in [0.3, 0.4) is 0 Å². The van der Waals surface area contributed by atoms with Gasteiger partial charge in [0.1, 0.15) is 0 Å². The fraction of sp³-hybridized carbons (Fsp3) is 0.600. The van der Waals surface area contributed by atoms with Crippen molar-refractivity contribution in [1.82, 2.24) is 10.2 Å². The quantitative estimate of drug-likeness (QED) is 0.839. The number of nitrogens with one attached hydrogen (secondary N) is 1. The van der Waals surface area contributed by atoms with Gasteiger partial charge >= 0.3 is 0 Å². The Morgan fingerprint density at radius 1 is 1.12 bits per heavy atom. The average Bonchev–Trinajstić information content (AvgIpc) is 2.82. The van der Waals surface area contributed by atoms with Crippen LogP contribution in [-0.2, 0) is 13.1 Å². The van der Waals surface area contributed by atoms with Gasteiger partial charge in [-0.05, 0) is 49.9 Å². The minimum atomic E-state index is 0.726. The van der Waals surface area contributed by atoms with Gasteiger partial charge in [0.2, 0.25) is 0 Å². The smallest absolute Gasteiger partial charge is 0.0243 e. The predicted molar refractivity (Wildman–Crippen MR) is 70.7 cm³/mol. The third kappa shape index (κ3) is 2.24. The normalized spacial score (nSPS) is 23.6. The highest BCUT2D eigenvalue weighted by Gasteiger charge is 2.28. The van der Waals surface area contributed by atoms with Gasteiger partial charge in [-0.2, -0.15) is 0 Å². The van der Waals surface area contributed by atoms with Gasteiger partial charge in [0.05, 0.1) is 0 Å². The predicted octanol–water partition coefficient (Wildman–Crippen LogP) is 2.39. The van der Waals surface area contributed by atoms with Crippen LogP contribution >= 0.6 is 0 Å². The van der Waals surface area contributed by atoms with Crippen LogP contribution in [0.25, 0.3) is 0 Å². The summed E-state index contributed by atoms with van der Waals surface area (Å²) in [6.45, 7) is 7.13. The summed E-state index contributed by atoms with van der Waals surface area (Å²) >= 11 is 0. The minimum Gasteiger partial charge on any atom is -0.317 e. The number of nitrogens with zero attached hydrogens (tertiary/aromatic N) is 1.